The molecular formula is C16H16N2O3. The minimum absolute atomic E-state index is 0.00676. The number of aryl methyl sites for hydroxylation is 3. The average molecular weight is 284 g/mol. The molecule has 0 aliphatic heterocycles. The first-order valence-corrected chi connectivity index (χ1v) is 6.52. The van der Waals surface area contributed by atoms with Crippen molar-refractivity contribution in [3.63, 3.8) is 0 Å². The molecule has 0 aromatic heterocycles. The van der Waals surface area contributed by atoms with Crippen LogP contribution in [0.4, 0.5) is 11.4 Å². The molecule has 5 heteroatoms. The number of hydrogen-bond donors (Lipinski definition) is 0. The van der Waals surface area contributed by atoms with Gasteiger partial charge in [0.05, 0.1) is 4.92 Å². The summed E-state index contributed by atoms with van der Waals surface area (Å²) in [5, 5.41) is 22.9. The smallest absolute Gasteiger partial charge is 0.269 e. The molecule has 0 aliphatic carbocycles. The molecule has 5 nitrogen and oxygen atoms in total. The topological polar surface area (TPSA) is 69.2 Å². The van der Waals surface area contributed by atoms with Crippen LogP contribution < -0.4 is 0 Å². The lowest BCUT2D eigenvalue weighted by Gasteiger charge is -2.10. The highest BCUT2D eigenvalue weighted by molar-refractivity contribution is 5.77. The average Bonchev–Trinajstić information content (AvgIpc) is 2.37. The fourth-order valence-electron chi connectivity index (χ4n) is 2.40. The normalized spacial score (nSPS) is 11.5. The highest BCUT2D eigenvalue weighted by Gasteiger charge is 2.12. The van der Waals surface area contributed by atoms with E-state index in [4.69, 9.17) is 0 Å². The number of nitrogens with zero attached hydrogens (tertiary/aromatic N) is 2. The molecule has 0 fully saturated rings. The van der Waals surface area contributed by atoms with E-state index in [1.807, 2.05) is 32.9 Å². The van der Waals surface area contributed by atoms with Crippen LogP contribution in [0.5, 0.6) is 0 Å². The fraction of sp³-hybridized carbons (Fsp3) is 0.188. The summed E-state index contributed by atoms with van der Waals surface area (Å²) in [6.07, 6.45) is 1.42. The van der Waals surface area contributed by atoms with Crippen molar-refractivity contribution >= 4 is 17.6 Å². The summed E-state index contributed by atoms with van der Waals surface area (Å²) < 4.78 is 0.811. The molecule has 2 rings (SSSR count). The van der Waals surface area contributed by atoms with Crippen LogP contribution in [0, 0.1) is 36.1 Å². The van der Waals surface area contributed by atoms with Crippen molar-refractivity contribution in [2.24, 2.45) is 0 Å². The lowest BCUT2D eigenvalue weighted by molar-refractivity contribution is -0.384. The second kappa shape index (κ2) is 5.75. The maximum atomic E-state index is 12.3. The van der Waals surface area contributed by atoms with Gasteiger partial charge in [0.2, 0.25) is 5.69 Å². The number of nitro groups is 1. The van der Waals surface area contributed by atoms with E-state index in [1.54, 1.807) is 12.1 Å². The molecule has 0 bridgehead atoms. The number of benzene rings is 2. The Kier molecular flexibility index (Phi) is 4.03. The summed E-state index contributed by atoms with van der Waals surface area (Å²) in [5.41, 5.74) is 4.15. The third-order valence-corrected chi connectivity index (χ3v) is 3.23. The Morgan fingerprint density at radius 2 is 1.48 bits per heavy atom. The molecule has 21 heavy (non-hydrogen) atoms. The monoisotopic (exact) mass is 284 g/mol. The second-order valence-electron chi connectivity index (χ2n) is 5.05. The summed E-state index contributed by atoms with van der Waals surface area (Å²) in [6, 6.07) is 9.79. The lowest BCUT2D eigenvalue weighted by Crippen LogP contribution is -2.03. The largest absolute Gasteiger partial charge is 0.618 e. The third kappa shape index (κ3) is 3.25. The van der Waals surface area contributed by atoms with Crippen molar-refractivity contribution in [1.29, 1.82) is 0 Å². The van der Waals surface area contributed by atoms with Gasteiger partial charge >= 0.3 is 0 Å². The van der Waals surface area contributed by atoms with Crippen LogP contribution in [0.1, 0.15) is 22.3 Å². The Balaban J connectivity index is 2.39. The number of rotatable bonds is 3. The first-order chi connectivity index (χ1) is 9.88. The van der Waals surface area contributed by atoms with Gasteiger partial charge in [-0.1, -0.05) is 5.56 Å². The molecule has 0 N–H and O–H groups in total. The Hall–Kier alpha value is -2.69. The Morgan fingerprint density at radius 3 is 1.95 bits per heavy atom. The van der Waals surface area contributed by atoms with Crippen molar-refractivity contribution < 1.29 is 9.66 Å². The van der Waals surface area contributed by atoms with Gasteiger partial charge in [0.1, 0.15) is 0 Å². The maximum Gasteiger partial charge on any atom is 0.269 e. The summed E-state index contributed by atoms with van der Waals surface area (Å²) in [7, 11) is 0. The van der Waals surface area contributed by atoms with Crippen LogP contribution in [0.15, 0.2) is 36.4 Å². The van der Waals surface area contributed by atoms with Crippen molar-refractivity contribution in [3.05, 3.63) is 74.0 Å². The molecule has 0 unspecified atom stereocenters. The number of hydrogen-bond acceptors (Lipinski definition) is 3. The van der Waals surface area contributed by atoms with Gasteiger partial charge in [-0.05, 0) is 45.0 Å². The molecule has 0 atom stereocenters. The van der Waals surface area contributed by atoms with Crippen molar-refractivity contribution in [2.45, 2.75) is 20.8 Å². The van der Waals surface area contributed by atoms with E-state index in [0.29, 0.717) is 11.3 Å². The van der Waals surface area contributed by atoms with Gasteiger partial charge in [0, 0.05) is 28.8 Å². The van der Waals surface area contributed by atoms with Crippen LogP contribution in [0.25, 0.3) is 0 Å². The highest BCUT2D eigenvalue weighted by Crippen LogP contribution is 2.24. The van der Waals surface area contributed by atoms with Crippen molar-refractivity contribution in [2.75, 3.05) is 0 Å². The molecule has 0 saturated heterocycles. The third-order valence-electron chi connectivity index (χ3n) is 3.23. The van der Waals surface area contributed by atoms with E-state index in [0.717, 1.165) is 21.4 Å². The van der Waals surface area contributed by atoms with Gasteiger partial charge < -0.3 is 5.21 Å². The summed E-state index contributed by atoms with van der Waals surface area (Å²) in [6.45, 7) is 5.77. The maximum absolute atomic E-state index is 12.3. The minimum Gasteiger partial charge on any atom is -0.618 e. The standard InChI is InChI=1S/C16H16N2O3/c1-11-8-12(2)16(13(3)9-11)17(19)10-14-4-6-15(7-5-14)18(20)21/h4-10H,1-3H3/b17-10-. The molecule has 0 spiro atoms. The Labute approximate surface area is 122 Å². The summed E-state index contributed by atoms with van der Waals surface area (Å²) in [4.78, 5) is 10.1. The SMILES string of the molecule is Cc1cc(C)c(/[N+]([O-])=C/c2ccc([N+](=O)[O-])cc2)c(C)c1. The Bertz CT molecular complexity index is 696. The van der Waals surface area contributed by atoms with E-state index < -0.39 is 4.92 Å². The van der Waals surface area contributed by atoms with Crippen LogP contribution in [-0.4, -0.2) is 15.9 Å². The van der Waals surface area contributed by atoms with Gasteiger partial charge in [0.25, 0.3) is 5.69 Å². The summed E-state index contributed by atoms with van der Waals surface area (Å²) in [5.74, 6) is 0. The van der Waals surface area contributed by atoms with E-state index >= 15 is 0 Å². The van der Waals surface area contributed by atoms with Crippen LogP contribution in [-0.2, 0) is 0 Å². The zero-order chi connectivity index (χ0) is 15.6. The first kappa shape index (κ1) is 14.7. The number of nitro benzene ring substituents is 1. The molecule has 0 heterocycles. The van der Waals surface area contributed by atoms with E-state index in [1.165, 1.54) is 18.3 Å². The molecule has 108 valence electrons. The number of non-ortho nitro benzene ring substituents is 1. The molecule has 0 saturated carbocycles. The van der Waals surface area contributed by atoms with Crippen molar-refractivity contribution in [1.82, 2.24) is 0 Å². The van der Waals surface area contributed by atoms with E-state index in [9.17, 15) is 15.3 Å². The predicted octanol–water partition coefficient (Wildman–Crippen LogP) is 3.78. The van der Waals surface area contributed by atoms with Gasteiger partial charge in [-0.2, -0.15) is 4.74 Å². The van der Waals surface area contributed by atoms with Gasteiger partial charge in [-0.3, -0.25) is 10.1 Å². The molecule has 0 amide bonds. The van der Waals surface area contributed by atoms with Gasteiger partial charge in [-0.15, -0.1) is 0 Å². The lowest BCUT2D eigenvalue weighted by atomic mass is 10.1. The van der Waals surface area contributed by atoms with Gasteiger partial charge in [-0.25, -0.2) is 0 Å². The van der Waals surface area contributed by atoms with Gasteiger partial charge in [0.15, 0.2) is 6.21 Å². The van der Waals surface area contributed by atoms with Crippen LogP contribution in [0.3, 0.4) is 0 Å². The second-order valence-corrected chi connectivity index (χ2v) is 5.05. The zero-order valence-corrected chi connectivity index (χ0v) is 12.2. The first-order valence-electron chi connectivity index (χ1n) is 6.52. The zero-order valence-electron chi connectivity index (χ0n) is 12.2. The molecule has 0 radical (unpaired) electrons. The van der Waals surface area contributed by atoms with Crippen molar-refractivity contribution in [3.8, 4) is 0 Å². The van der Waals surface area contributed by atoms with Crippen LogP contribution >= 0.6 is 0 Å². The van der Waals surface area contributed by atoms with Crippen LogP contribution in [0.2, 0.25) is 0 Å². The minimum atomic E-state index is -0.465. The van der Waals surface area contributed by atoms with E-state index in [2.05, 4.69) is 0 Å². The fourth-order valence-corrected chi connectivity index (χ4v) is 2.40. The molecule has 2 aromatic carbocycles. The highest BCUT2D eigenvalue weighted by atomic mass is 16.6. The predicted molar refractivity (Wildman–Crippen MR) is 82.2 cm³/mol. The molecule has 2 aromatic rings. The summed E-state index contributed by atoms with van der Waals surface area (Å²) >= 11 is 0. The molecular weight excluding hydrogens is 268 g/mol. The molecule has 0 aliphatic rings. The Morgan fingerprint density at radius 1 is 0.952 bits per heavy atom. The van der Waals surface area contributed by atoms with E-state index in [-0.39, 0.29) is 5.69 Å². The quantitative estimate of drug-likeness (QED) is 0.283.